The fourth-order valence-corrected chi connectivity index (χ4v) is 2.15. The van der Waals surface area contributed by atoms with Gasteiger partial charge in [-0.25, -0.2) is 4.98 Å². The summed E-state index contributed by atoms with van der Waals surface area (Å²) < 4.78 is 1.11. The summed E-state index contributed by atoms with van der Waals surface area (Å²) >= 11 is 11.9. The summed E-state index contributed by atoms with van der Waals surface area (Å²) in [6.07, 6.45) is 0. The number of aryl methyl sites for hydroxylation is 1. The van der Waals surface area contributed by atoms with E-state index in [1.807, 2.05) is 25.9 Å². The average Bonchev–Trinajstić information content (AvgIpc) is 2.60. The summed E-state index contributed by atoms with van der Waals surface area (Å²) in [6.45, 7) is 2.48. The normalized spacial score (nSPS) is 10.2. The van der Waals surface area contributed by atoms with E-state index >= 15 is 0 Å². The minimum absolute atomic E-state index is 0. The first kappa shape index (κ1) is 20.3. The van der Waals surface area contributed by atoms with Crippen LogP contribution in [0.25, 0.3) is 11.4 Å². The lowest BCUT2D eigenvalue weighted by Crippen LogP contribution is -2.14. The molecular weight excluding hydrogens is 356 g/mol. The zero-order chi connectivity index (χ0) is 14.2. The smallest absolute Gasteiger partial charge is 0.175 e. The Balaban J connectivity index is 0.00000200. The topological polar surface area (TPSA) is 41.3 Å². The monoisotopic (exact) mass is 371 g/mol. The largest absolute Gasteiger partial charge is 0.427 e. The number of imidazole rings is 1. The predicted octanol–water partition coefficient (Wildman–Crippen LogP) is 4.31. The molecule has 8 heteroatoms. The highest BCUT2D eigenvalue weighted by molar-refractivity contribution is 6.42. The van der Waals surface area contributed by atoms with Crippen molar-refractivity contribution in [2.24, 2.45) is 0 Å². The standard InChI is InChI=1S/C13H15Cl2N3O.2ClH/c1-8-12(7-17(2)3)18(19)13(16-8)9-4-5-10(14)11(15)6-9;;/h4-6,19H,7H2,1-3H3;2*1H. The molecule has 1 aromatic heterocycles. The van der Waals surface area contributed by atoms with Crippen molar-refractivity contribution in [1.29, 1.82) is 0 Å². The average molecular weight is 373 g/mol. The van der Waals surface area contributed by atoms with Crippen LogP contribution in [0.3, 0.4) is 0 Å². The van der Waals surface area contributed by atoms with E-state index in [0.29, 0.717) is 22.4 Å². The lowest BCUT2D eigenvalue weighted by atomic mass is 10.2. The van der Waals surface area contributed by atoms with E-state index in [4.69, 9.17) is 23.2 Å². The predicted molar refractivity (Wildman–Crippen MR) is 91.5 cm³/mol. The van der Waals surface area contributed by atoms with Crippen LogP contribution in [0, 0.1) is 6.92 Å². The molecule has 2 rings (SSSR count). The molecule has 2 aromatic rings. The zero-order valence-electron chi connectivity index (χ0n) is 11.8. The third kappa shape index (κ3) is 4.41. The minimum Gasteiger partial charge on any atom is -0.427 e. The Morgan fingerprint density at radius 2 is 1.81 bits per heavy atom. The highest BCUT2D eigenvalue weighted by Gasteiger charge is 2.16. The second-order valence-electron chi connectivity index (χ2n) is 4.65. The number of hydrogen-bond donors (Lipinski definition) is 1. The number of nitrogens with zero attached hydrogens (tertiary/aromatic N) is 3. The number of benzene rings is 1. The number of aromatic nitrogens is 2. The van der Waals surface area contributed by atoms with Gasteiger partial charge in [0.2, 0.25) is 0 Å². The first-order valence-corrected chi connectivity index (χ1v) is 6.53. The van der Waals surface area contributed by atoms with E-state index in [9.17, 15) is 5.21 Å². The van der Waals surface area contributed by atoms with Gasteiger partial charge in [0.1, 0.15) is 0 Å². The molecule has 1 N–H and O–H groups in total. The van der Waals surface area contributed by atoms with Crippen molar-refractivity contribution < 1.29 is 5.21 Å². The van der Waals surface area contributed by atoms with Gasteiger partial charge < -0.3 is 10.1 Å². The van der Waals surface area contributed by atoms with Crippen molar-refractivity contribution in [3.05, 3.63) is 39.6 Å². The molecule has 1 aromatic carbocycles. The highest BCUT2D eigenvalue weighted by atomic mass is 35.5. The summed E-state index contributed by atoms with van der Waals surface area (Å²) in [5.41, 5.74) is 2.27. The van der Waals surface area contributed by atoms with Crippen molar-refractivity contribution in [3.63, 3.8) is 0 Å². The third-order valence-corrected chi connectivity index (χ3v) is 3.53. The zero-order valence-corrected chi connectivity index (χ0v) is 14.9. The Morgan fingerprint density at radius 3 is 2.33 bits per heavy atom. The maximum absolute atomic E-state index is 10.2. The van der Waals surface area contributed by atoms with Gasteiger partial charge >= 0.3 is 0 Å². The fraction of sp³-hybridized carbons (Fsp3) is 0.308. The molecule has 0 spiro atoms. The molecule has 118 valence electrons. The van der Waals surface area contributed by atoms with Crippen LogP contribution < -0.4 is 0 Å². The molecule has 21 heavy (non-hydrogen) atoms. The molecule has 0 bridgehead atoms. The van der Waals surface area contributed by atoms with Crippen LogP contribution in [0.15, 0.2) is 18.2 Å². The molecule has 1 heterocycles. The summed E-state index contributed by atoms with van der Waals surface area (Å²) in [4.78, 5) is 6.36. The molecule has 0 atom stereocenters. The van der Waals surface area contributed by atoms with E-state index < -0.39 is 0 Å². The van der Waals surface area contributed by atoms with E-state index in [1.54, 1.807) is 18.2 Å². The first-order valence-electron chi connectivity index (χ1n) is 5.77. The molecule has 0 amide bonds. The number of hydrogen-bond acceptors (Lipinski definition) is 3. The van der Waals surface area contributed by atoms with Gasteiger partial charge in [-0.15, -0.1) is 24.8 Å². The van der Waals surface area contributed by atoms with Crippen molar-refractivity contribution in [3.8, 4) is 11.4 Å². The Hall–Kier alpha value is -0.650. The Labute approximate surface area is 146 Å². The molecule has 0 unspecified atom stereocenters. The molecule has 0 saturated heterocycles. The summed E-state index contributed by atoms with van der Waals surface area (Å²) in [6, 6.07) is 5.16. The van der Waals surface area contributed by atoms with Gasteiger partial charge in [0.15, 0.2) is 5.82 Å². The van der Waals surface area contributed by atoms with E-state index in [-0.39, 0.29) is 24.8 Å². The van der Waals surface area contributed by atoms with Crippen molar-refractivity contribution >= 4 is 48.0 Å². The summed E-state index contributed by atoms with van der Waals surface area (Å²) in [5.74, 6) is 0.466. The van der Waals surface area contributed by atoms with Gasteiger partial charge in [0, 0.05) is 12.1 Å². The van der Waals surface area contributed by atoms with E-state index in [0.717, 1.165) is 21.7 Å². The molecule has 0 aliphatic rings. The van der Waals surface area contributed by atoms with Gasteiger partial charge in [0.25, 0.3) is 0 Å². The molecule has 4 nitrogen and oxygen atoms in total. The van der Waals surface area contributed by atoms with Crippen molar-refractivity contribution in [2.75, 3.05) is 14.1 Å². The van der Waals surface area contributed by atoms with Gasteiger partial charge in [0.05, 0.1) is 21.4 Å². The van der Waals surface area contributed by atoms with Gasteiger partial charge in [-0.3, -0.25) is 0 Å². The fourth-order valence-electron chi connectivity index (χ4n) is 1.85. The highest BCUT2D eigenvalue weighted by Crippen LogP contribution is 2.28. The van der Waals surface area contributed by atoms with Crippen molar-refractivity contribution in [2.45, 2.75) is 13.5 Å². The molecular formula is C13H17Cl4N3O. The quantitative estimate of drug-likeness (QED) is 0.816. The van der Waals surface area contributed by atoms with Crippen LogP contribution in [0.1, 0.15) is 11.4 Å². The number of halogens is 4. The van der Waals surface area contributed by atoms with Crippen LogP contribution in [-0.2, 0) is 6.54 Å². The van der Waals surface area contributed by atoms with Crippen LogP contribution in [0.2, 0.25) is 10.0 Å². The van der Waals surface area contributed by atoms with E-state index in [1.165, 1.54) is 0 Å². The summed E-state index contributed by atoms with van der Waals surface area (Å²) in [5, 5.41) is 11.1. The Kier molecular flexibility index (Phi) is 7.86. The molecule has 0 radical (unpaired) electrons. The van der Waals surface area contributed by atoms with Crippen LogP contribution in [-0.4, -0.2) is 33.9 Å². The first-order chi connectivity index (χ1) is 8.90. The summed E-state index contributed by atoms with van der Waals surface area (Å²) in [7, 11) is 3.87. The van der Waals surface area contributed by atoms with Gasteiger partial charge in [-0.2, -0.15) is 4.73 Å². The van der Waals surface area contributed by atoms with Crippen LogP contribution in [0.4, 0.5) is 0 Å². The van der Waals surface area contributed by atoms with Crippen molar-refractivity contribution in [1.82, 2.24) is 14.6 Å². The maximum atomic E-state index is 10.2. The molecule has 0 aliphatic heterocycles. The Morgan fingerprint density at radius 1 is 1.19 bits per heavy atom. The Bertz CT molecular complexity index is 614. The second kappa shape index (κ2) is 8.11. The van der Waals surface area contributed by atoms with Gasteiger partial charge in [-0.05, 0) is 39.2 Å². The molecule has 0 aliphatic carbocycles. The maximum Gasteiger partial charge on any atom is 0.175 e. The molecule has 0 saturated carbocycles. The van der Waals surface area contributed by atoms with E-state index in [2.05, 4.69) is 4.98 Å². The van der Waals surface area contributed by atoms with Gasteiger partial charge in [-0.1, -0.05) is 23.2 Å². The minimum atomic E-state index is 0. The van der Waals surface area contributed by atoms with Crippen LogP contribution in [0.5, 0.6) is 0 Å². The van der Waals surface area contributed by atoms with Crippen LogP contribution >= 0.6 is 48.0 Å². The second-order valence-corrected chi connectivity index (χ2v) is 5.46. The lowest BCUT2D eigenvalue weighted by Gasteiger charge is -2.10. The lowest BCUT2D eigenvalue weighted by molar-refractivity contribution is 0.172. The SMILES string of the molecule is Cc1nc(-c2ccc(Cl)c(Cl)c2)n(O)c1CN(C)C.Cl.Cl. The number of rotatable bonds is 3. The third-order valence-electron chi connectivity index (χ3n) is 2.79. The molecule has 0 fully saturated rings.